The van der Waals surface area contributed by atoms with Crippen LogP contribution in [0.3, 0.4) is 0 Å². The summed E-state index contributed by atoms with van der Waals surface area (Å²) in [5.41, 5.74) is 0. The van der Waals surface area contributed by atoms with Crippen molar-refractivity contribution < 1.29 is 8.42 Å². The minimum atomic E-state index is -3.00. The Morgan fingerprint density at radius 3 is 2.38 bits per heavy atom. The van der Waals surface area contributed by atoms with Gasteiger partial charge >= 0.3 is 0 Å². The van der Waals surface area contributed by atoms with Crippen LogP contribution in [0.25, 0.3) is 0 Å². The molecule has 0 bridgehead atoms. The predicted molar refractivity (Wildman–Crippen MR) is 71.5 cm³/mol. The fourth-order valence-electron chi connectivity index (χ4n) is 2.17. The third-order valence-corrected chi connectivity index (χ3v) is 6.19. The van der Waals surface area contributed by atoms with E-state index in [2.05, 4.69) is 15.9 Å². The number of halogens is 1. The van der Waals surface area contributed by atoms with Crippen LogP contribution in [0.1, 0.15) is 44.9 Å². The van der Waals surface area contributed by atoms with Crippen LogP contribution in [0.2, 0.25) is 0 Å². The molecule has 1 aliphatic rings. The number of sulfonamides is 1. The van der Waals surface area contributed by atoms with Gasteiger partial charge in [0.1, 0.15) is 0 Å². The molecule has 0 radical (unpaired) electrons. The zero-order valence-corrected chi connectivity index (χ0v) is 12.4. The fraction of sp³-hybridized carbons (Fsp3) is 1.00. The second-order valence-electron chi connectivity index (χ2n) is 4.52. The van der Waals surface area contributed by atoms with E-state index in [1.807, 2.05) is 0 Å². The van der Waals surface area contributed by atoms with Gasteiger partial charge in [-0.3, -0.25) is 0 Å². The minimum absolute atomic E-state index is 0.103. The second kappa shape index (κ2) is 6.97. The molecule has 0 aromatic heterocycles. The quantitative estimate of drug-likeness (QED) is 0.535. The zero-order valence-electron chi connectivity index (χ0n) is 9.99. The molecule has 96 valence electrons. The van der Waals surface area contributed by atoms with Gasteiger partial charge in [0, 0.05) is 18.9 Å². The molecule has 0 spiro atoms. The highest BCUT2D eigenvalue weighted by Gasteiger charge is 2.31. The van der Waals surface area contributed by atoms with Crippen molar-refractivity contribution in [2.45, 2.75) is 50.2 Å². The first-order valence-electron chi connectivity index (χ1n) is 6.10. The van der Waals surface area contributed by atoms with Gasteiger partial charge in [0.2, 0.25) is 10.0 Å². The Balaban J connectivity index is 2.36. The first kappa shape index (κ1) is 14.5. The lowest BCUT2D eigenvalue weighted by molar-refractivity contribution is 0.444. The van der Waals surface area contributed by atoms with Crippen molar-refractivity contribution in [3.63, 3.8) is 0 Å². The summed E-state index contributed by atoms with van der Waals surface area (Å²) < 4.78 is 25.8. The summed E-state index contributed by atoms with van der Waals surface area (Å²) in [6.07, 6.45) is 7.03. The number of nitrogens with zero attached hydrogens (tertiary/aromatic N) is 1. The molecule has 0 heterocycles. The summed E-state index contributed by atoms with van der Waals surface area (Å²) >= 11 is 3.38. The third-order valence-electron chi connectivity index (χ3n) is 3.26. The van der Waals surface area contributed by atoms with Crippen molar-refractivity contribution in [1.29, 1.82) is 0 Å². The smallest absolute Gasteiger partial charge is 0.212 e. The first-order valence-corrected chi connectivity index (χ1v) is 8.72. The molecule has 0 atom stereocenters. The molecule has 0 aromatic carbocycles. The molecule has 5 heteroatoms. The normalized spacial score (nSPS) is 18.4. The summed E-state index contributed by atoms with van der Waals surface area (Å²) in [7, 11) is -1.28. The van der Waals surface area contributed by atoms with Crippen molar-refractivity contribution in [3.05, 3.63) is 0 Å². The van der Waals surface area contributed by atoms with E-state index in [9.17, 15) is 8.42 Å². The van der Waals surface area contributed by atoms with E-state index in [0.717, 1.165) is 50.3 Å². The number of hydrogen-bond acceptors (Lipinski definition) is 2. The van der Waals surface area contributed by atoms with Gasteiger partial charge in [-0.2, -0.15) is 0 Å². The highest BCUT2D eigenvalue weighted by molar-refractivity contribution is 9.09. The Morgan fingerprint density at radius 1 is 1.19 bits per heavy atom. The first-order chi connectivity index (χ1) is 7.59. The Morgan fingerprint density at radius 2 is 1.81 bits per heavy atom. The lowest BCUT2D eigenvalue weighted by Crippen LogP contribution is -2.35. The average Bonchev–Trinajstić information content (AvgIpc) is 2.77. The van der Waals surface area contributed by atoms with Crippen LogP contribution >= 0.6 is 15.9 Å². The lowest BCUT2D eigenvalue weighted by atomic mass is 10.2. The lowest BCUT2D eigenvalue weighted by Gasteiger charge is -2.21. The highest BCUT2D eigenvalue weighted by Crippen LogP contribution is 2.26. The second-order valence-corrected chi connectivity index (χ2v) is 7.64. The maximum absolute atomic E-state index is 12.1. The molecule has 1 aliphatic carbocycles. The van der Waals surface area contributed by atoms with Gasteiger partial charge in [-0.15, -0.1) is 0 Å². The monoisotopic (exact) mass is 311 g/mol. The molecule has 1 rings (SSSR count). The maximum atomic E-state index is 12.1. The van der Waals surface area contributed by atoms with Crippen molar-refractivity contribution >= 4 is 26.0 Å². The topological polar surface area (TPSA) is 37.4 Å². The SMILES string of the molecule is CN(CCCCCBr)S(=O)(=O)C1CCCC1. The standard InChI is InChI=1S/C11H22BrNO2S/c1-13(10-6-2-5-9-12)16(14,15)11-7-3-4-8-11/h11H,2-10H2,1H3. The molecule has 3 nitrogen and oxygen atoms in total. The molecular formula is C11H22BrNO2S. The maximum Gasteiger partial charge on any atom is 0.216 e. The van der Waals surface area contributed by atoms with Crippen LogP contribution in [0.5, 0.6) is 0 Å². The molecule has 1 fully saturated rings. The fourth-order valence-corrected chi connectivity index (χ4v) is 4.39. The van der Waals surface area contributed by atoms with E-state index in [-0.39, 0.29) is 5.25 Å². The molecule has 1 saturated carbocycles. The van der Waals surface area contributed by atoms with Crippen LogP contribution in [-0.4, -0.2) is 36.9 Å². The Kier molecular flexibility index (Phi) is 6.29. The van der Waals surface area contributed by atoms with Gasteiger partial charge in [-0.05, 0) is 25.7 Å². The summed E-state index contributed by atoms with van der Waals surface area (Å²) in [5, 5.41) is 0.903. The molecule has 0 N–H and O–H groups in total. The molecule has 0 unspecified atom stereocenters. The largest absolute Gasteiger partial charge is 0.216 e. The minimum Gasteiger partial charge on any atom is -0.212 e. The van der Waals surface area contributed by atoms with E-state index in [4.69, 9.17) is 0 Å². The Hall–Kier alpha value is 0.390. The van der Waals surface area contributed by atoms with Crippen LogP contribution in [-0.2, 0) is 10.0 Å². The van der Waals surface area contributed by atoms with Gasteiger partial charge in [0.15, 0.2) is 0 Å². The predicted octanol–water partition coefficient (Wildman–Crippen LogP) is 2.76. The van der Waals surface area contributed by atoms with Crippen molar-refractivity contribution in [2.75, 3.05) is 18.9 Å². The molecule has 0 amide bonds. The van der Waals surface area contributed by atoms with Crippen LogP contribution in [0.15, 0.2) is 0 Å². The Labute approximate surface area is 108 Å². The summed E-state index contributed by atoms with van der Waals surface area (Å²) in [6, 6.07) is 0. The molecular weight excluding hydrogens is 290 g/mol. The van der Waals surface area contributed by atoms with E-state index in [1.165, 1.54) is 0 Å². The van der Waals surface area contributed by atoms with Gasteiger partial charge in [0.25, 0.3) is 0 Å². The van der Waals surface area contributed by atoms with Gasteiger partial charge in [-0.1, -0.05) is 35.2 Å². The van der Waals surface area contributed by atoms with Crippen molar-refractivity contribution in [2.24, 2.45) is 0 Å². The molecule has 0 aliphatic heterocycles. The van der Waals surface area contributed by atoms with E-state index in [1.54, 1.807) is 11.4 Å². The summed E-state index contributed by atoms with van der Waals surface area (Å²) in [5.74, 6) is 0. The number of rotatable bonds is 7. The van der Waals surface area contributed by atoms with Gasteiger partial charge < -0.3 is 0 Å². The van der Waals surface area contributed by atoms with E-state index >= 15 is 0 Å². The number of unbranched alkanes of at least 4 members (excludes halogenated alkanes) is 2. The number of alkyl halides is 1. The van der Waals surface area contributed by atoms with Crippen LogP contribution < -0.4 is 0 Å². The van der Waals surface area contributed by atoms with Crippen LogP contribution in [0.4, 0.5) is 0 Å². The Bertz CT molecular complexity index is 286. The summed E-state index contributed by atoms with van der Waals surface area (Å²) in [6.45, 7) is 0.672. The highest BCUT2D eigenvalue weighted by atomic mass is 79.9. The molecule has 16 heavy (non-hydrogen) atoms. The van der Waals surface area contributed by atoms with E-state index < -0.39 is 10.0 Å². The van der Waals surface area contributed by atoms with Gasteiger partial charge in [-0.25, -0.2) is 12.7 Å². The van der Waals surface area contributed by atoms with E-state index in [0.29, 0.717) is 6.54 Å². The zero-order chi connectivity index (χ0) is 12.0. The van der Waals surface area contributed by atoms with Gasteiger partial charge in [0.05, 0.1) is 5.25 Å². The van der Waals surface area contributed by atoms with Crippen molar-refractivity contribution in [3.8, 4) is 0 Å². The molecule has 0 saturated heterocycles. The van der Waals surface area contributed by atoms with Crippen molar-refractivity contribution in [1.82, 2.24) is 4.31 Å². The number of hydrogen-bond donors (Lipinski definition) is 0. The summed E-state index contributed by atoms with van der Waals surface area (Å²) in [4.78, 5) is 0. The van der Waals surface area contributed by atoms with Crippen LogP contribution in [0, 0.1) is 0 Å². The average molecular weight is 312 g/mol. The third kappa shape index (κ3) is 4.00. The molecule has 0 aromatic rings.